The molecule has 200 valence electrons. The van der Waals surface area contributed by atoms with Gasteiger partial charge in [-0.3, -0.25) is 9.36 Å². The number of benzene rings is 1. The predicted octanol–water partition coefficient (Wildman–Crippen LogP) is 4.51. The van der Waals surface area contributed by atoms with Crippen molar-refractivity contribution in [2.45, 2.75) is 36.9 Å². The van der Waals surface area contributed by atoms with Crippen LogP contribution in [0.1, 0.15) is 34.7 Å². The van der Waals surface area contributed by atoms with E-state index in [0.29, 0.717) is 29.1 Å². The number of ether oxygens (including phenoxy) is 1. The van der Waals surface area contributed by atoms with Crippen molar-refractivity contribution in [3.05, 3.63) is 71.8 Å². The monoisotopic (exact) mass is 555 g/mol. The molecular weight excluding hydrogens is 537 g/mol. The zero-order valence-electron chi connectivity index (χ0n) is 19.6. The molecule has 0 fully saturated rings. The van der Waals surface area contributed by atoms with Crippen LogP contribution in [0, 0.1) is 6.92 Å². The van der Waals surface area contributed by atoms with Crippen molar-refractivity contribution in [2.75, 3.05) is 0 Å². The van der Waals surface area contributed by atoms with E-state index in [1.807, 2.05) is 6.92 Å². The molecule has 0 aliphatic rings. The van der Waals surface area contributed by atoms with E-state index >= 15 is 0 Å². The second-order valence-electron chi connectivity index (χ2n) is 8.09. The number of pyridine rings is 2. The molecule has 0 saturated heterocycles. The molecule has 15 heteroatoms. The fourth-order valence-corrected chi connectivity index (χ4v) is 4.32. The molecule has 0 spiro atoms. The largest absolute Gasteiger partial charge is 0.573 e. The van der Waals surface area contributed by atoms with Crippen LogP contribution in [0.25, 0.3) is 17.0 Å². The van der Waals surface area contributed by atoms with Crippen molar-refractivity contribution in [3.8, 4) is 11.6 Å². The molecule has 0 aliphatic carbocycles. The van der Waals surface area contributed by atoms with Crippen molar-refractivity contribution in [1.82, 2.24) is 24.8 Å². The summed E-state index contributed by atoms with van der Waals surface area (Å²) in [7, 11) is -5.35. The number of rotatable bonds is 7. The zero-order chi connectivity index (χ0) is 27.8. The van der Waals surface area contributed by atoms with Crippen LogP contribution in [0.5, 0.6) is 5.75 Å². The Kier molecular flexibility index (Phi) is 7.06. The highest BCUT2D eigenvalue weighted by Crippen LogP contribution is 2.30. The number of fused-ring (bicyclic) bond motifs is 1. The Bertz CT molecular complexity index is 1600. The number of nitrogens with one attached hydrogen (secondary N) is 1. The summed E-state index contributed by atoms with van der Waals surface area (Å²) in [5, 5.41) is 2.50. The van der Waals surface area contributed by atoms with Gasteiger partial charge in [0.15, 0.2) is 5.65 Å². The lowest BCUT2D eigenvalue weighted by molar-refractivity contribution is -0.274. The van der Waals surface area contributed by atoms with Gasteiger partial charge in [-0.1, -0.05) is 6.07 Å². The first-order valence-electron chi connectivity index (χ1n) is 10.8. The van der Waals surface area contributed by atoms with Crippen LogP contribution in [-0.4, -0.2) is 46.0 Å². The summed E-state index contributed by atoms with van der Waals surface area (Å²) in [6, 6.07) is 7.27. The SMILES string of the molecule is Cc1ccc(-n2c(C(C)NC(=O)c3cc(OC(F)(F)F)cc(S(=O)(=O)C(F)F)c3)nc3cccnc32)nc1. The van der Waals surface area contributed by atoms with Crippen molar-refractivity contribution in [2.24, 2.45) is 0 Å². The van der Waals surface area contributed by atoms with Gasteiger partial charge in [0, 0.05) is 18.0 Å². The maximum atomic E-state index is 13.1. The first-order chi connectivity index (χ1) is 17.8. The molecule has 0 saturated carbocycles. The van der Waals surface area contributed by atoms with Crippen molar-refractivity contribution < 1.29 is 39.9 Å². The fraction of sp³-hybridized carbons (Fsp3) is 0.217. The van der Waals surface area contributed by atoms with Gasteiger partial charge in [0.05, 0.1) is 10.9 Å². The van der Waals surface area contributed by atoms with Crippen LogP contribution in [0.15, 0.2) is 59.8 Å². The zero-order valence-corrected chi connectivity index (χ0v) is 20.4. The van der Waals surface area contributed by atoms with Gasteiger partial charge in [0.25, 0.3) is 5.91 Å². The molecule has 0 aliphatic heterocycles. The Hall–Kier alpha value is -4.14. The molecule has 1 unspecified atom stereocenters. The van der Waals surface area contributed by atoms with E-state index in [2.05, 4.69) is 25.0 Å². The van der Waals surface area contributed by atoms with Gasteiger partial charge in [-0.15, -0.1) is 13.2 Å². The van der Waals surface area contributed by atoms with E-state index in [1.165, 1.54) is 13.1 Å². The number of halogens is 5. The highest BCUT2D eigenvalue weighted by atomic mass is 32.2. The topological polar surface area (TPSA) is 116 Å². The Labute approximate surface area is 212 Å². The Balaban J connectivity index is 1.74. The average molecular weight is 555 g/mol. The molecule has 3 heterocycles. The van der Waals surface area contributed by atoms with Gasteiger partial charge in [-0.25, -0.2) is 23.4 Å². The lowest BCUT2D eigenvalue weighted by Gasteiger charge is -2.17. The minimum absolute atomic E-state index is 0.242. The number of aryl methyl sites for hydroxylation is 1. The third-order valence-corrected chi connectivity index (χ3v) is 6.60. The first-order valence-corrected chi connectivity index (χ1v) is 12.3. The summed E-state index contributed by atoms with van der Waals surface area (Å²) >= 11 is 0. The summed E-state index contributed by atoms with van der Waals surface area (Å²) in [6.45, 7) is 3.35. The summed E-state index contributed by atoms with van der Waals surface area (Å²) in [5.74, 6) is -5.50. The standard InChI is InChI=1S/C23H18F5N5O4S/c1-12-5-6-18(30-11-12)33-19(32-17-4-3-7-29-20(17)33)13(2)31-21(34)14-8-15(37-23(26,27)28)10-16(9-14)38(35,36)22(24)25/h3-11,13,22H,1-2H3,(H,31,34). The highest BCUT2D eigenvalue weighted by Gasteiger charge is 2.34. The molecule has 1 N–H and O–H groups in total. The van der Waals surface area contributed by atoms with Crippen LogP contribution in [0.3, 0.4) is 0 Å². The van der Waals surface area contributed by atoms with Crippen LogP contribution < -0.4 is 10.1 Å². The third-order valence-electron chi connectivity index (χ3n) is 5.24. The normalized spacial score (nSPS) is 13.1. The number of aromatic nitrogens is 4. The van der Waals surface area contributed by atoms with Crippen LogP contribution in [0.2, 0.25) is 0 Å². The number of amides is 1. The predicted molar refractivity (Wildman–Crippen MR) is 124 cm³/mol. The van der Waals surface area contributed by atoms with Crippen LogP contribution in [0.4, 0.5) is 22.0 Å². The maximum Gasteiger partial charge on any atom is 0.573 e. The fourth-order valence-electron chi connectivity index (χ4n) is 3.55. The lowest BCUT2D eigenvalue weighted by Crippen LogP contribution is -2.29. The van der Waals surface area contributed by atoms with Gasteiger partial charge >= 0.3 is 12.1 Å². The van der Waals surface area contributed by atoms with Gasteiger partial charge < -0.3 is 10.1 Å². The highest BCUT2D eigenvalue weighted by molar-refractivity contribution is 7.91. The number of carbonyl (C=O) groups excluding carboxylic acids is 1. The van der Waals surface area contributed by atoms with Crippen molar-refractivity contribution in [3.63, 3.8) is 0 Å². The minimum Gasteiger partial charge on any atom is -0.406 e. The third kappa shape index (κ3) is 5.56. The van der Waals surface area contributed by atoms with E-state index in [1.54, 1.807) is 35.0 Å². The summed E-state index contributed by atoms with van der Waals surface area (Å²) in [5.41, 5.74) is 1.08. The van der Waals surface area contributed by atoms with Crippen LogP contribution >= 0.6 is 0 Å². The van der Waals surface area contributed by atoms with E-state index in [-0.39, 0.29) is 11.9 Å². The molecule has 9 nitrogen and oxygen atoms in total. The molecule has 3 aromatic heterocycles. The molecule has 0 bridgehead atoms. The second-order valence-corrected chi connectivity index (χ2v) is 10.0. The van der Waals surface area contributed by atoms with Crippen molar-refractivity contribution in [1.29, 1.82) is 0 Å². The number of nitrogens with zero attached hydrogens (tertiary/aromatic N) is 4. The molecule has 4 aromatic rings. The number of carbonyl (C=O) groups is 1. The summed E-state index contributed by atoms with van der Waals surface area (Å²) in [6.07, 6.45) is -2.14. The molecule has 38 heavy (non-hydrogen) atoms. The first kappa shape index (κ1) is 26.9. The van der Waals surface area contributed by atoms with Gasteiger partial charge in [-0.2, -0.15) is 8.78 Å². The minimum atomic E-state index is -5.35. The molecule has 1 amide bonds. The van der Waals surface area contributed by atoms with E-state index in [0.717, 1.165) is 5.56 Å². The summed E-state index contributed by atoms with van der Waals surface area (Å²) < 4.78 is 93.7. The Morgan fingerprint density at radius 1 is 1.11 bits per heavy atom. The van der Waals surface area contributed by atoms with Crippen LogP contribution in [-0.2, 0) is 9.84 Å². The van der Waals surface area contributed by atoms with Crippen molar-refractivity contribution >= 4 is 26.9 Å². The smallest absolute Gasteiger partial charge is 0.406 e. The molecule has 1 aromatic carbocycles. The van der Waals surface area contributed by atoms with E-state index < -0.39 is 50.1 Å². The van der Waals surface area contributed by atoms with Gasteiger partial charge in [0.2, 0.25) is 9.84 Å². The second kappa shape index (κ2) is 9.96. The quantitative estimate of drug-likeness (QED) is 0.334. The average Bonchev–Trinajstić information content (AvgIpc) is 3.23. The number of hydrogen-bond acceptors (Lipinski definition) is 7. The number of hydrogen-bond donors (Lipinski definition) is 1. The number of sulfone groups is 1. The Morgan fingerprint density at radius 2 is 1.84 bits per heavy atom. The number of alkyl halides is 5. The molecular formula is C23H18F5N5O4S. The van der Waals surface area contributed by atoms with E-state index in [9.17, 15) is 35.2 Å². The van der Waals surface area contributed by atoms with Gasteiger partial charge in [0.1, 0.15) is 22.9 Å². The molecule has 1 atom stereocenters. The molecule has 4 rings (SSSR count). The molecule has 0 radical (unpaired) electrons. The maximum absolute atomic E-state index is 13.1. The number of imidazole rings is 1. The van der Waals surface area contributed by atoms with Gasteiger partial charge in [-0.05, 0) is 55.8 Å². The summed E-state index contributed by atoms with van der Waals surface area (Å²) in [4.78, 5) is 24.9. The Morgan fingerprint density at radius 3 is 2.47 bits per heavy atom. The lowest BCUT2D eigenvalue weighted by atomic mass is 10.2. The van der Waals surface area contributed by atoms with E-state index in [4.69, 9.17) is 0 Å².